The third-order valence-corrected chi connectivity index (χ3v) is 4.70. The van der Waals surface area contributed by atoms with Gasteiger partial charge in [-0.2, -0.15) is 0 Å². The van der Waals surface area contributed by atoms with Gasteiger partial charge in [-0.05, 0) is 18.1 Å². The van der Waals surface area contributed by atoms with Gasteiger partial charge in [-0.3, -0.25) is 4.90 Å². The Hall–Kier alpha value is -2.59. The number of piperazine rings is 1. The number of amides is 2. The summed E-state index contributed by atoms with van der Waals surface area (Å²) < 4.78 is 0. The molecule has 3 rings (SSSR count). The molecule has 0 aliphatic carbocycles. The minimum Gasteiger partial charge on any atom is -0.334 e. The summed E-state index contributed by atoms with van der Waals surface area (Å²) >= 11 is 0. The molecule has 0 unspecified atom stereocenters. The molecule has 4 heteroatoms. The molecule has 26 heavy (non-hydrogen) atoms. The van der Waals surface area contributed by atoms with Crippen LogP contribution >= 0.6 is 0 Å². The summed E-state index contributed by atoms with van der Waals surface area (Å²) in [5.41, 5.74) is 3.59. The van der Waals surface area contributed by atoms with Crippen LogP contribution in [0.2, 0.25) is 0 Å². The molecular weight excluding hydrogens is 322 g/mol. The van der Waals surface area contributed by atoms with Gasteiger partial charge in [0, 0.05) is 39.3 Å². The highest BCUT2D eigenvalue weighted by Crippen LogP contribution is 2.06. The first-order chi connectivity index (χ1) is 12.7. The van der Waals surface area contributed by atoms with E-state index in [1.807, 2.05) is 23.1 Å². The van der Waals surface area contributed by atoms with Crippen molar-refractivity contribution >= 4 is 12.1 Å². The van der Waals surface area contributed by atoms with Gasteiger partial charge in [-0.15, -0.1) is 0 Å². The van der Waals surface area contributed by atoms with E-state index >= 15 is 0 Å². The molecule has 1 aliphatic rings. The van der Waals surface area contributed by atoms with Crippen molar-refractivity contribution in [3.8, 4) is 0 Å². The number of carbonyl (C=O) groups is 1. The van der Waals surface area contributed by atoms with Crippen molar-refractivity contribution in [3.63, 3.8) is 0 Å². The molecule has 1 N–H and O–H groups in total. The lowest BCUT2D eigenvalue weighted by Crippen LogP contribution is -2.51. The molecule has 1 aliphatic heterocycles. The lowest BCUT2D eigenvalue weighted by atomic mass is 10.1. The highest BCUT2D eigenvalue weighted by atomic mass is 16.2. The zero-order valence-corrected chi connectivity index (χ0v) is 15.4. The summed E-state index contributed by atoms with van der Waals surface area (Å²) in [5.74, 6) is 0. The monoisotopic (exact) mass is 349 g/mol. The van der Waals surface area contributed by atoms with Gasteiger partial charge < -0.3 is 10.2 Å². The van der Waals surface area contributed by atoms with E-state index in [1.54, 1.807) is 0 Å². The van der Waals surface area contributed by atoms with E-state index in [1.165, 1.54) is 11.1 Å². The van der Waals surface area contributed by atoms with Crippen LogP contribution in [0.3, 0.4) is 0 Å². The van der Waals surface area contributed by atoms with Crippen LogP contribution in [-0.2, 0) is 6.54 Å². The molecule has 0 spiro atoms. The maximum absolute atomic E-state index is 12.3. The predicted octanol–water partition coefficient (Wildman–Crippen LogP) is 3.54. The van der Waals surface area contributed by atoms with Crippen LogP contribution in [-0.4, -0.2) is 48.6 Å². The Balaban J connectivity index is 1.38. The Morgan fingerprint density at radius 1 is 1.00 bits per heavy atom. The van der Waals surface area contributed by atoms with Crippen molar-refractivity contribution in [3.05, 3.63) is 77.4 Å². The quantitative estimate of drug-likeness (QED) is 0.896. The molecule has 2 aromatic rings. The Labute approximate surface area is 156 Å². The largest absolute Gasteiger partial charge is 0.334 e. The molecule has 0 aromatic heterocycles. The van der Waals surface area contributed by atoms with E-state index in [4.69, 9.17) is 0 Å². The molecule has 0 atom stereocenters. The smallest absolute Gasteiger partial charge is 0.317 e. The number of rotatable bonds is 5. The molecule has 0 saturated carbocycles. The van der Waals surface area contributed by atoms with Gasteiger partial charge in [0.05, 0.1) is 0 Å². The Morgan fingerprint density at radius 3 is 2.38 bits per heavy atom. The van der Waals surface area contributed by atoms with Gasteiger partial charge in [0.1, 0.15) is 0 Å². The summed E-state index contributed by atoms with van der Waals surface area (Å²) in [4.78, 5) is 16.6. The maximum atomic E-state index is 12.3. The van der Waals surface area contributed by atoms with Gasteiger partial charge in [0.25, 0.3) is 0 Å². The van der Waals surface area contributed by atoms with Gasteiger partial charge >= 0.3 is 6.03 Å². The van der Waals surface area contributed by atoms with E-state index in [0.29, 0.717) is 6.54 Å². The van der Waals surface area contributed by atoms with E-state index in [0.717, 1.165) is 38.3 Å². The highest BCUT2D eigenvalue weighted by molar-refractivity contribution is 5.74. The van der Waals surface area contributed by atoms with Crippen molar-refractivity contribution < 1.29 is 4.79 Å². The lowest BCUT2D eigenvalue weighted by molar-refractivity contribution is 0.146. The molecule has 2 amide bonds. The molecule has 1 saturated heterocycles. The number of benzene rings is 2. The molecule has 136 valence electrons. The molecule has 4 nitrogen and oxygen atoms in total. The SMILES string of the molecule is Cc1ccc(CNC(=O)N2CCN(C/C=C/c3ccccc3)CC2)cc1. The van der Waals surface area contributed by atoms with Gasteiger partial charge in [0.2, 0.25) is 0 Å². The number of urea groups is 1. The standard InChI is InChI=1S/C22H27N3O/c1-19-9-11-21(12-10-19)18-23-22(26)25-16-14-24(15-17-25)13-5-8-20-6-3-2-4-7-20/h2-12H,13-18H2,1H3,(H,23,26)/b8-5+. The van der Waals surface area contributed by atoms with Crippen LogP contribution in [0.25, 0.3) is 6.08 Å². The number of aryl methyl sites for hydroxylation is 1. The number of carbonyl (C=O) groups excluding carboxylic acids is 1. The van der Waals surface area contributed by atoms with Crippen molar-refractivity contribution in [1.29, 1.82) is 0 Å². The average molecular weight is 349 g/mol. The second-order valence-electron chi connectivity index (χ2n) is 6.75. The van der Waals surface area contributed by atoms with E-state index in [9.17, 15) is 4.79 Å². The summed E-state index contributed by atoms with van der Waals surface area (Å²) in [6.07, 6.45) is 4.35. The average Bonchev–Trinajstić information content (AvgIpc) is 2.69. The molecule has 1 heterocycles. The minimum absolute atomic E-state index is 0.0325. The third-order valence-electron chi connectivity index (χ3n) is 4.70. The topological polar surface area (TPSA) is 35.6 Å². The molecule has 2 aromatic carbocycles. The summed E-state index contributed by atoms with van der Waals surface area (Å²) in [5, 5.41) is 3.02. The van der Waals surface area contributed by atoms with Crippen molar-refractivity contribution in [2.45, 2.75) is 13.5 Å². The number of hydrogen-bond acceptors (Lipinski definition) is 2. The van der Waals surface area contributed by atoms with Crippen LogP contribution in [0.15, 0.2) is 60.7 Å². The third kappa shape index (κ3) is 5.46. The van der Waals surface area contributed by atoms with Gasteiger partial charge in [0.15, 0.2) is 0 Å². The fourth-order valence-corrected chi connectivity index (χ4v) is 3.03. The summed E-state index contributed by atoms with van der Waals surface area (Å²) in [6.45, 7) is 6.95. The lowest BCUT2D eigenvalue weighted by Gasteiger charge is -2.34. The second-order valence-corrected chi connectivity index (χ2v) is 6.75. The molecule has 0 bridgehead atoms. The zero-order valence-electron chi connectivity index (χ0n) is 15.4. The number of nitrogens with zero attached hydrogens (tertiary/aromatic N) is 2. The van der Waals surface area contributed by atoms with Gasteiger partial charge in [-0.1, -0.05) is 72.3 Å². The van der Waals surface area contributed by atoms with Crippen molar-refractivity contribution in [2.24, 2.45) is 0 Å². The Kier molecular flexibility index (Phi) is 6.45. The highest BCUT2D eigenvalue weighted by Gasteiger charge is 2.19. The zero-order chi connectivity index (χ0) is 18.2. The summed E-state index contributed by atoms with van der Waals surface area (Å²) in [7, 11) is 0. The van der Waals surface area contributed by atoms with Crippen LogP contribution in [0, 0.1) is 6.92 Å². The number of nitrogens with one attached hydrogen (secondary N) is 1. The van der Waals surface area contributed by atoms with Crippen molar-refractivity contribution in [1.82, 2.24) is 15.1 Å². The van der Waals surface area contributed by atoms with Crippen LogP contribution in [0.1, 0.15) is 16.7 Å². The molecule has 0 radical (unpaired) electrons. The van der Waals surface area contributed by atoms with E-state index in [2.05, 4.69) is 65.7 Å². The maximum Gasteiger partial charge on any atom is 0.317 e. The number of hydrogen-bond donors (Lipinski definition) is 1. The second kappa shape index (κ2) is 9.20. The van der Waals surface area contributed by atoms with Crippen LogP contribution in [0.4, 0.5) is 4.79 Å². The Morgan fingerprint density at radius 2 is 1.69 bits per heavy atom. The fourth-order valence-electron chi connectivity index (χ4n) is 3.03. The molecule has 1 fully saturated rings. The van der Waals surface area contributed by atoms with Crippen LogP contribution in [0.5, 0.6) is 0 Å². The Bertz CT molecular complexity index is 717. The first-order valence-electron chi connectivity index (χ1n) is 9.23. The van der Waals surface area contributed by atoms with E-state index in [-0.39, 0.29) is 6.03 Å². The first kappa shape index (κ1) is 18.2. The fraction of sp³-hybridized carbons (Fsp3) is 0.318. The summed E-state index contributed by atoms with van der Waals surface area (Å²) in [6, 6.07) is 18.6. The first-order valence-corrected chi connectivity index (χ1v) is 9.23. The molecular formula is C22H27N3O. The van der Waals surface area contributed by atoms with E-state index < -0.39 is 0 Å². The predicted molar refractivity (Wildman–Crippen MR) is 107 cm³/mol. The minimum atomic E-state index is 0.0325. The van der Waals surface area contributed by atoms with Gasteiger partial charge in [-0.25, -0.2) is 4.79 Å². The normalized spacial score (nSPS) is 15.3. The van der Waals surface area contributed by atoms with Crippen LogP contribution < -0.4 is 5.32 Å². The van der Waals surface area contributed by atoms with Crippen molar-refractivity contribution in [2.75, 3.05) is 32.7 Å².